The zero-order valence-corrected chi connectivity index (χ0v) is 14.8. The average molecular weight is 365 g/mol. The number of amides is 1. The summed E-state index contributed by atoms with van der Waals surface area (Å²) < 4.78 is 1.88. The number of phenolic OH excluding ortho intramolecular Hbond substituents is 1. The van der Waals surface area contributed by atoms with Crippen LogP contribution in [0.15, 0.2) is 29.1 Å². The van der Waals surface area contributed by atoms with Crippen molar-refractivity contribution in [3.63, 3.8) is 0 Å². The van der Waals surface area contributed by atoms with Crippen LogP contribution in [0.2, 0.25) is 0 Å². The third kappa shape index (κ3) is 4.12. The summed E-state index contributed by atoms with van der Waals surface area (Å²) in [5.41, 5.74) is 3.15. The lowest BCUT2D eigenvalue weighted by Crippen LogP contribution is -2.34. The van der Waals surface area contributed by atoms with Gasteiger partial charge in [-0.15, -0.1) is 17.8 Å². The van der Waals surface area contributed by atoms with Crippen LogP contribution in [0.1, 0.15) is 12.5 Å². The number of carbonyl (C=O) groups is 1. The lowest BCUT2D eigenvalue weighted by molar-refractivity contribution is -0.115. The molecule has 1 aromatic heterocycles. The fraction of sp³-hybridized carbons (Fsp3) is 0.158. The maximum atomic E-state index is 12.5. The number of nitriles is 1. The summed E-state index contributed by atoms with van der Waals surface area (Å²) >= 11 is 1.01. The molecular weight excluding hydrogens is 350 g/mol. The molecule has 0 aliphatic heterocycles. The first-order valence-electron chi connectivity index (χ1n) is 7.63. The van der Waals surface area contributed by atoms with Crippen molar-refractivity contribution in [3.8, 4) is 24.2 Å². The smallest absolute Gasteiger partial charge is 0.277 e. The summed E-state index contributed by atoms with van der Waals surface area (Å²) in [6, 6.07) is 8.24. The highest BCUT2D eigenvalue weighted by Gasteiger charge is 2.14. The molecular formula is C19H15N3O3S. The third-order valence-corrected chi connectivity index (χ3v) is 4.48. The number of aromatic hydroxyl groups is 1. The second-order valence-electron chi connectivity index (χ2n) is 5.04. The quantitative estimate of drug-likeness (QED) is 0.754. The minimum Gasteiger partial charge on any atom is -0.508 e. The van der Waals surface area contributed by atoms with E-state index in [1.807, 2.05) is 6.07 Å². The molecule has 0 radical (unpaired) electrons. The third-order valence-electron chi connectivity index (χ3n) is 3.37. The van der Waals surface area contributed by atoms with Gasteiger partial charge in [0.05, 0.1) is 6.54 Å². The molecule has 1 heterocycles. The van der Waals surface area contributed by atoms with E-state index in [4.69, 9.17) is 6.42 Å². The molecule has 0 fully saturated rings. The predicted octanol–water partition coefficient (Wildman–Crippen LogP) is 0.152. The number of hydrogen-bond acceptors (Lipinski definition) is 5. The normalized spacial score (nSPS) is 10.9. The summed E-state index contributed by atoms with van der Waals surface area (Å²) in [5, 5.41) is 21.1. The van der Waals surface area contributed by atoms with Crippen LogP contribution < -0.4 is 20.1 Å². The van der Waals surface area contributed by atoms with Crippen molar-refractivity contribution in [2.75, 3.05) is 6.54 Å². The second-order valence-corrected chi connectivity index (χ2v) is 6.04. The largest absolute Gasteiger partial charge is 0.508 e. The van der Waals surface area contributed by atoms with Crippen molar-refractivity contribution in [2.45, 2.75) is 13.5 Å². The van der Waals surface area contributed by atoms with E-state index in [0.29, 0.717) is 6.54 Å². The lowest BCUT2D eigenvalue weighted by Gasteiger charge is -2.00. The van der Waals surface area contributed by atoms with Crippen molar-refractivity contribution < 1.29 is 9.90 Å². The Bertz CT molecular complexity index is 1120. The first-order chi connectivity index (χ1) is 12.5. The lowest BCUT2D eigenvalue weighted by atomic mass is 10.2. The van der Waals surface area contributed by atoms with E-state index in [1.54, 1.807) is 25.1 Å². The van der Waals surface area contributed by atoms with E-state index < -0.39 is 5.91 Å². The van der Waals surface area contributed by atoms with Gasteiger partial charge in [-0.25, -0.2) is 0 Å². The topological polar surface area (TPSA) is 95.1 Å². The van der Waals surface area contributed by atoms with Gasteiger partial charge < -0.3 is 10.4 Å². The Morgan fingerprint density at radius 3 is 2.69 bits per heavy atom. The number of aromatic nitrogens is 1. The van der Waals surface area contributed by atoms with Gasteiger partial charge in [-0.3, -0.25) is 14.2 Å². The van der Waals surface area contributed by atoms with Gasteiger partial charge in [0.25, 0.3) is 11.5 Å². The van der Waals surface area contributed by atoms with E-state index in [0.717, 1.165) is 16.9 Å². The van der Waals surface area contributed by atoms with Crippen LogP contribution in [-0.4, -0.2) is 22.1 Å². The van der Waals surface area contributed by atoms with E-state index in [1.165, 1.54) is 16.7 Å². The molecule has 130 valence electrons. The number of carbonyl (C=O) groups excluding carboxylic acids is 1. The van der Waals surface area contributed by atoms with Crippen LogP contribution in [0.4, 0.5) is 0 Å². The van der Waals surface area contributed by atoms with Gasteiger partial charge in [-0.2, -0.15) is 5.26 Å². The Morgan fingerprint density at radius 1 is 1.42 bits per heavy atom. The molecule has 0 aliphatic rings. The second kappa shape index (κ2) is 8.55. The fourth-order valence-corrected chi connectivity index (χ4v) is 3.18. The summed E-state index contributed by atoms with van der Waals surface area (Å²) in [6.45, 7) is 2.05. The van der Waals surface area contributed by atoms with E-state index in [2.05, 4.69) is 17.0 Å². The summed E-state index contributed by atoms with van der Waals surface area (Å²) in [4.78, 5) is 24.6. The summed E-state index contributed by atoms with van der Waals surface area (Å²) in [5.74, 6) is 1.78. The first-order valence-corrected chi connectivity index (χ1v) is 8.45. The number of benzene rings is 1. The molecule has 26 heavy (non-hydrogen) atoms. The molecule has 1 aromatic carbocycles. The molecule has 7 heteroatoms. The SMILES string of the molecule is C#CCNC(=O)/C(C#N)=c1\sc(=C=Cc2ccc(O)cc2)c(=O)n1CC. The molecule has 1 amide bonds. The highest BCUT2D eigenvalue weighted by Crippen LogP contribution is 2.10. The molecule has 0 spiro atoms. The Labute approximate surface area is 153 Å². The number of nitrogens with zero attached hydrogens (tertiary/aromatic N) is 2. The minimum absolute atomic E-state index is 0.00845. The van der Waals surface area contributed by atoms with E-state index >= 15 is 0 Å². The zero-order valence-electron chi connectivity index (χ0n) is 13.9. The molecule has 2 rings (SSSR count). The zero-order chi connectivity index (χ0) is 19.1. The van der Waals surface area contributed by atoms with Crippen molar-refractivity contribution in [1.29, 1.82) is 5.26 Å². The number of rotatable bonds is 4. The molecule has 0 saturated heterocycles. The summed E-state index contributed by atoms with van der Waals surface area (Å²) in [7, 11) is 0. The Kier molecular flexibility index (Phi) is 6.19. The van der Waals surface area contributed by atoms with E-state index in [-0.39, 0.29) is 32.6 Å². The van der Waals surface area contributed by atoms with Gasteiger partial charge >= 0.3 is 0 Å². The van der Waals surface area contributed by atoms with Crippen molar-refractivity contribution in [1.82, 2.24) is 9.88 Å². The minimum atomic E-state index is -0.622. The van der Waals surface area contributed by atoms with Crippen LogP contribution in [0.5, 0.6) is 5.75 Å². The number of hydrogen-bond donors (Lipinski definition) is 2. The average Bonchev–Trinajstić information content (AvgIpc) is 2.95. The van der Waals surface area contributed by atoms with Gasteiger partial charge in [0.15, 0.2) is 5.57 Å². The molecule has 0 aliphatic carbocycles. The Hall–Kier alpha value is -3.51. The molecule has 0 saturated carbocycles. The highest BCUT2D eigenvalue weighted by molar-refractivity contribution is 7.07. The predicted molar refractivity (Wildman–Crippen MR) is 100 cm³/mol. The first kappa shape index (κ1) is 18.8. The van der Waals surface area contributed by atoms with Gasteiger partial charge in [-0.05, 0) is 30.7 Å². The summed E-state index contributed by atoms with van der Waals surface area (Å²) in [6.07, 6.45) is 6.70. The van der Waals surface area contributed by atoms with Crippen LogP contribution in [0.3, 0.4) is 0 Å². The van der Waals surface area contributed by atoms with Gasteiger partial charge in [-0.1, -0.05) is 23.8 Å². The number of terminal acetylenes is 1. The van der Waals surface area contributed by atoms with Crippen molar-refractivity contribution in [2.24, 2.45) is 0 Å². The van der Waals surface area contributed by atoms with Crippen LogP contribution in [0, 0.1) is 23.7 Å². The van der Waals surface area contributed by atoms with Gasteiger partial charge in [0, 0.05) is 6.54 Å². The standard InChI is InChI=1S/C19H15N3O3S/c1-3-11-21-17(24)15(12-20)19-22(4-2)18(25)16(26-19)10-7-13-5-8-14(23)9-6-13/h1,5-9,23H,4,11H2,2H3,(H,21,24)/b19-15-. The van der Waals surface area contributed by atoms with Crippen molar-refractivity contribution in [3.05, 3.63) is 49.4 Å². The molecule has 0 bridgehead atoms. The van der Waals surface area contributed by atoms with Gasteiger partial charge in [0.1, 0.15) is 21.0 Å². The Morgan fingerprint density at radius 2 is 2.12 bits per heavy atom. The number of thiazole rings is 1. The van der Waals surface area contributed by atoms with Crippen LogP contribution in [-0.2, 0) is 11.3 Å². The van der Waals surface area contributed by atoms with Gasteiger partial charge in [0.2, 0.25) is 0 Å². The highest BCUT2D eigenvalue weighted by atomic mass is 32.1. The molecule has 0 unspecified atom stereocenters. The maximum absolute atomic E-state index is 12.5. The fourth-order valence-electron chi connectivity index (χ4n) is 2.11. The molecule has 2 aromatic rings. The molecule has 2 N–H and O–H groups in total. The van der Waals surface area contributed by atoms with Crippen molar-refractivity contribution >= 4 is 34.6 Å². The molecule has 6 nitrogen and oxygen atoms in total. The maximum Gasteiger partial charge on any atom is 0.277 e. The van der Waals surface area contributed by atoms with E-state index in [9.17, 15) is 20.0 Å². The number of nitrogens with one attached hydrogen (secondary N) is 1. The monoisotopic (exact) mass is 365 g/mol. The Balaban J connectivity index is 2.68. The van der Waals surface area contributed by atoms with Crippen LogP contribution >= 0.6 is 11.3 Å². The molecule has 0 atom stereocenters. The van der Waals surface area contributed by atoms with Crippen LogP contribution in [0.25, 0.3) is 17.4 Å². The number of phenols is 1.